The number of carbonyl (C=O) groups is 1. The lowest BCUT2D eigenvalue weighted by molar-refractivity contribution is -0.123. The zero-order chi connectivity index (χ0) is 17.5. The zero-order valence-corrected chi connectivity index (χ0v) is 17.3. The summed E-state index contributed by atoms with van der Waals surface area (Å²) in [6, 6.07) is 7.69. The Morgan fingerprint density at radius 2 is 1.77 bits per heavy atom. The molecule has 1 aliphatic heterocycles. The molecule has 3 unspecified atom stereocenters. The second kappa shape index (κ2) is 12.5. The Morgan fingerprint density at radius 3 is 2.31 bits per heavy atom. The number of halogens is 2. The predicted molar refractivity (Wildman–Crippen MR) is 108 cm³/mol. The number of hydrogen-bond donors (Lipinski definition) is 2. The van der Waals surface area contributed by atoms with Crippen LogP contribution in [0.2, 0.25) is 0 Å². The van der Waals surface area contributed by atoms with Crippen molar-refractivity contribution >= 4 is 30.7 Å². The molecule has 1 aliphatic rings. The van der Waals surface area contributed by atoms with Gasteiger partial charge < -0.3 is 20.5 Å². The Bertz CT molecular complexity index is 521. The van der Waals surface area contributed by atoms with Crippen LogP contribution in [0.5, 0.6) is 0 Å². The van der Waals surface area contributed by atoms with Crippen molar-refractivity contribution < 1.29 is 14.3 Å². The third-order valence-electron chi connectivity index (χ3n) is 4.07. The van der Waals surface area contributed by atoms with Gasteiger partial charge in [0.1, 0.15) is 6.04 Å². The van der Waals surface area contributed by atoms with Crippen molar-refractivity contribution in [3.8, 4) is 0 Å². The highest BCUT2D eigenvalue weighted by Gasteiger charge is 2.21. The molecule has 26 heavy (non-hydrogen) atoms. The molecular formula is C18H31Cl2N3O3. The first kappa shape index (κ1) is 25.1. The Labute approximate surface area is 168 Å². The van der Waals surface area contributed by atoms with E-state index in [0.717, 1.165) is 25.2 Å². The first-order chi connectivity index (χ1) is 11.5. The maximum absolute atomic E-state index is 11.8. The molecule has 0 aliphatic carbocycles. The van der Waals surface area contributed by atoms with E-state index in [2.05, 4.69) is 36.2 Å². The second-order valence-electron chi connectivity index (χ2n) is 6.55. The standard InChI is InChI=1S/C18H29N3O3.2ClH/c1-13-9-21(10-14(2)24-13)11-16-6-4-15(5-7-16)8-20-18(22)17(19)12-23-3;;/h4-7,13-14,17H,8-12,19H2,1-3H3,(H,20,22);2*1H. The van der Waals surface area contributed by atoms with Crippen LogP contribution in [0.4, 0.5) is 0 Å². The van der Waals surface area contributed by atoms with Gasteiger partial charge >= 0.3 is 0 Å². The molecule has 150 valence electrons. The van der Waals surface area contributed by atoms with Gasteiger partial charge in [-0.05, 0) is 25.0 Å². The minimum absolute atomic E-state index is 0. The molecule has 2 rings (SSSR count). The van der Waals surface area contributed by atoms with Gasteiger partial charge in [-0.15, -0.1) is 24.8 Å². The summed E-state index contributed by atoms with van der Waals surface area (Å²) in [6.07, 6.45) is 0.555. The van der Waals surface area contributed by atoms with Crippen molar-refractivity contribution in [2.24, 2.45) is 5.73 Å². The lowest BCUT2D eigenvalue weighted by Crippen LogP contribution is -2.44. The van der Waals surface area contributed by atoms with Crippen molar-refractivity contribution in [3.63, 3.8) is 0 Å². The van der Waals surface area contributed by atoms with E-state index in [-0.39, 0.29) is 49.5 Å². The number of hydrogen-bond acceptors (Lipinski definition) is 5. The molecule has 0 radical (unpaired) electrons. The van der Waals surface area contributed by atoms with Crippen molar-refractivity contribution in [1.82, 2.24) is 10.2 Å². The fourth-order valence-corrected chi connectivity index (χ4v) is 3.01. The highest BCUT2D eigenvalue weighted by molar-refractivity contribution is 5.85. The molecule has 1 amide bonds. The van der Waals surface area contributed by atoms with Crippen LogP contribution in [0.3, 0.4) is 0 Å². The molecule has 1 aromatic carbocycles. The van der Waals surface area contributed by atoms with Gasteiger partial charge in [0.2, 0.25) is 5.91 Å². The number of carbonyl (C=O) groups excluding carboxylic acids is 1. The summed E-state index contributed by atoms with van der Waals surface area (Å²) in [5.41, 5.74) is 8.01. The van der Waals surface area contributed by atoms with Gasteiger partial charge in [0.15, 0.2) is 0 Å². The summed E-state index contributed by atoms with van der Waals surface area (Å²) in [6.45, 7) is 7.76. The first-order valence-electron chi connectivity index (χ1n) is 8.45. The molecule has 1 aromatic rings. The van der Waals surface area contributed by atoms with Gasteiger partial charge in [0.05, 0.1) is 18.8 Å². The fourth-order valence-electron chi connectivity index (χ4n) is 3.01. The van der Waals surface area contributed by atoms with Crippen molar-refractivity contribution in [1.29, 1.82) is 0 Å². The van der Waals surface area contributed by atoms with Gasteiger partial charge in [-0.25, -0.2) is 0 Å². The molecule has 1 fully saturated rings. The number of rotatable bonds is 7. The third-order valence-corrected chi connectivity index (χ3v) is 4.07. The van der Waals surface area contributed by atoms with Gasteiger partial charge in [0, 0.05) is 33.3 Å². The average molecular weight is 408 g/mol. The molecule has 0 aromatic heterocycles. The summed E-state index contributed by atoms with van der Waals surface area (Å²) in [5.74, 6) is -0.197. The summed E-state index contributed by atoms with van der Waals surface area (Å²) in [5, 5.41) is 2.83. The number of amides is 1. The van der Waals surface area contributed by atoms with Gasteiger partial charge in [0.25, 0.3) is 0 Å². The van der Waals surface area contributed by atoms with E-state index < -0.39 is 6.04 Å². The molecule has 8 heteroatoms. The molecule has 3 N–H and O–H groups in total. The minimum Gasteiger partial charge on any atom is -0.383 e. The van der Waals surface area contributed by atoms with Gasteiger partial charge in [-0.2, -0.15) is 0 Å². The normalized spacial score (nSPS) is 21.2. The van der Waals surface area contributed by atoms with E-state index >= 15 is 0 Å². The second-order valence-corrected chi connectivity index (χ2v) is 6.55. The van der Waals surface area contributed by atoms with Gasteiger partial charge in [-0.1, -0.05) is 24.3 Å². The van der Waals surface area contributed by atoms with Crippen LogP contribution >= 0.6 is 24.8 Å². The van der Waals surface area contributed by atoms with Crippen molar-refractivity contribution in [2.75, 3.05) is 26.8 Å². The number of benzene rings is 1. The number of nitrogens with zero attached hydrogens (tertiary/aromatic N) is 1. The molecule has 6 nitrogen and oxygen atoms in total. The van der Waals surface area contributed by atoms with Crippen LogP contribution in [0.1, 0.15) is 25.0 Å². The van der Waals surface area contributed by atoms with E-state index in [1.807, 2.05) is 12.1 Å². The molecular weight excluding hydrogens is 377 g/mol. The van der Waals surface area contributed by atoms with Crippen molar-refractivity contribution in [3.05, 3.63) is 35.4 Å². The minimum atomic E-state index is -0.625. The molecule has 0 spiro atoms. The summed E-state index contributed by atoms with van der Waals surface area (Å²) < 4.78 is 10.6. The Balaban J connectivity index is 0.00000312. The van der Waals surface area contributed by atoms with E-state index in [4.69, 9.17) is 15.2 Å². The van der Waals surface area contributed by atoms with Crippen molar-refractivity contribution in [2.45, 2.75) is 45.2 Å². The van der Waals surface area contributed by atoms with E-state index in [1.165, 1.54) is 12.7 Å². The van der Waals surface area contributed by atoms with Crippen LogP contribution in [0, 0.1) is 0 Å². The first-order valence-corrected chi connectivity index (χ1v) is 8.45. The maximum Gasteiger partial charge on any atom is 0.239 e. The highest BCUT2D eigenvalue weighted by Crippen LogP contribution is 2.14. The summed E-state index contributed by atoms with van der Waals surface area (Å²) >= 11 is 0. The van der Waals surface area contributed by atoms with Crippen LogP contribution < -0.4 is 11.1 Å². The molecule has 1 saturated heterocycles. The van der Waals surface area contributed by atoms with Gasteiger partial charge in [-0.3, -0.25) is 9.69 Å². The molecule has 0 bridgehead atoms. The quantitative estimate of drug-likeness (QED) is 0.719. The molecule has 0 saturated carbocycles. The van der Waals surface area contributed by atoms with Crippen LogP contribution in [0.25, 0.3) is 0 Å². The largest absolute Gasteiger partial charge is 0.383 e. The lowest BCUT2D eigenvalue weighted by atomic mass is 10.1. The molecule has 3 atom stereocenters. The summed E-state index contributed by atoms with van der Waals surface area (Å²) in [4.78, 5) is 14.2. The average Bonchev–Trinajstić information content (AvgIpc) is 2.53. The number of morpholine rings is 1. The summed E-state index contributed by atoms with van der Waals surface area (Å²) in [7, 11) is 1.53. The topological polar surface area (TPSA) is 76.8 Å². The predicted octanol–water partition coefficient (Wildman–Crippen LogP) is 1.73. The SMILES string of the molecule is COCC(N)C(=O)NCc1ccc(CN2CC(C)OC(C)C2)cc1.Cl.Cl. The fraction of sp³-hybridized carbons (Fsp3) is 0.611. The Kier molecular flexibility index (Phi) is 12.1. The monoisotopic (exact) mass is 407 g/mol. The Hall–Kier alpha value is -0.890. The van der Waals surface area contributed by atoms with E-state index in [1.54, 1.807) is 0 Å². The number of nitrogens with one attached hydrogen (secondary N) is 1. The number of ether oxygens (including phenoxy) is 2. The third kappa shape index (κ3) is 8.20. The smallest absolute Gasteiger partial charge is 0.239 e. The number of nitrogens with two attached hydrogens (primary N) is 1. The molecule has 1 heterocycles. The maximum atomic E-state index is 11.8. The highest BCUT2D eigenvalue weighted by atomic mass is 35.5. The van der Waals surface area contributed by atoms with Crippen LogP contribution in [-0.2, 0) is 27.4 Å². The van der Waals surface area contributed by atoms with E-state index in [9.17, 15) is 4.79 Å². The number of methoxy groups -OCH3 is 1. The van der Waals surface area contributed by atoms with E-state index in [0.29, 0.717) is 6.54 Å². The zero-order valence-electron chi connectivity index (χ0n) is 15.6. The lowest BCUT2D eigenvalue weighted by Gasteiger charge is -2.35. The van der Waals surface area contributed by atoms with Crippen LogP contribution in [-0.4, -0.2) is 55.9 Å². The van der Waals surface area contributed by atoms with Crippen LogP contribution in [0.15, 0.2) is 24.3 Å². The Morgan fingerprint density at radius 1 is 1.23 bits per heavy atom.